The zero-order valence-corrected chi connectivity index (χ0v) is 9.18. The number of carbonyl (C=O) groups is 1. The Balaban J connectivity index is 2.60. The van der Waals surface area contributed by atoms with Gasteiger partial charge in [-0.1, -0.05) is 18.5 Å². The van der Waals surface area contributed by atoms with Crippen molar-refractivity contribution in [2.24, 2.45) is 0 Å². The lowest BCUT2D eigenvalue weighted by Crippen LogP contribution is -2.05. The van der Waals surface area contributed by atoms with E-state index in [-0.39, 0.29) is 11.7 Å². The molecular weight excluding hydrogens is 222 g/mol. The summed E-state index contributed by atoms with van der Waals surface area (Å²) in [7, 11) is 0. The van der Waals surface area contributed by atoms with Crippen LogP contribution in [0.5, 0.6) is 0 Å². The zero-order valence-electron chi connectivity index (χ0n) is 7.61. The van der Waals surface area contributed by atoms with Crippen LogP contribution in [0.1, 0.15) is 13.3 Å². The summed E-state index contributed by atoms with van der Waals surface area (Å²) in [5, 5.41) is 9.78. The fourth-order valence-corrected chi connectivity index (χ4v) is 2.10. The fourth-order valence-electron chi connectivity index (χ4n) is 0.936. The largest absolute Gasteiger partial charge is 0.481 e. The molecule has 1 aromatic heterocycles. The van der Waals surface area contributed by atoms with Crippen LogP contribution in [0.3, 0.4) is 0 Å². The molecule has 5 heteroatoms. The average molecular weight is 232 g/mol. The molecule has 76 valence electrons. The first-order valence-corrected chi connectivity index (χ1v) is 5.34. The Morgan fingerprint density at radius 1 is 1.79 bits per heavy atom. The number of hydrogen-bond donors (Lipinski definition) is 1. The smallest absolute Gasteiger partial charge is 0.304 e. The summed E-state index contributed by atoms with van der Waals surface area (Å²) >= 11 is 7.25. The van der Waals surface area contributed by atoms with E-state index in [1.807, 2.05) is 6.92 Å². The summed E-state index contributed by atoms with van der Waals surface area (Å²) in [6.45, 7) is 1.84. The molecule has 0 aliphatic rings. The first kappa shape index (κ1) is 11.3. The molecule has 3 nitrogen and oxygen atoms in total. The SMILES string of the molecule is CC(CC(=O)O)Sc1ncccc1Cl. The molecule has 1 aromatic rings. The summed E-state index contributed by atoms with van der Waals surface area (Å²) in [4.78, 5) is 14.5. The second kappa shape index (κ2) is 5.22. The first-order chi connectivity index (χ1) is 6.59. The van der Waals surface area contributed by atoms with Gasteiger partial charge in [-0.15, -0.1) is 11.8 Å². The minimum absolute atomic E-state index is 0.0279. The molecule has 0 aromatic carbocycles. The van der Waals surface area contributed by atoms with E-state index >= 15 is 0 Å². The van der Waals surface area contributed by atoms with Gasteiger partial charge in [-0.2, -0.15) is 0 Å². The summed E-state index contributed by atoms with van der Waals surface area (Å²) in [5.74, 6) is -0.808. The molecule has 0 aliphatic heterocycles. The van der Waals surface area contributed by atoms with Gasteiger partial charge in [0.25, 0.3) is 0 Å². The molecule has 0 bridgehead atoms. The van der Waals surface area contributed by atoms with Crippen molar-refractivity contribution in [2.75, 3.05) is 0 Å². The average Bonchev–Trinajstić information content (AvgIpc) is 2.07. The molecule has 0 spiro atoms. The maximum absolute atomic E-state index is 10.4. The molecule has 1 N–H and O–H groups in total. The number of hydrogen-bond acceptors (Lipinski definition) is 3. The van der Waals surface area contributed by atoms with E-state index < -0.39 is 5.97 Å². The first-order valence-electron chi connectivity index (χ1n) is 4.08. The molecular formula is C9H10ClNO2S. The summed E-state index contributed by atoms with van der Waals surface area (Å²) in [6, 6.07) is 3.48. The zero-order chi connectivity index (χ0) is 10.6. The number of rotatable bonds is 4. The van der Waals surface area contributed by atoms with Crippen LogP contribution in [0.4, 0.5) is 0 Å². The summed E-state index contributed by atoms with van der Waals surface area (Å²) in [5.41, 5.74) is 0. The van der Waals surface area contributed by atoms with Gasteiger partial charge in [0.2, 0.25) is 0 Å². The van der Waals surface area contributed by atoms with Gasteiger partial charge in [0, 0.05) is 11.4 Å². The molecule has 1 rings (SSSR count). The third kappa shape index (κ3) is 3.55. The van der Waals surface area contributed by atoms with Crippen LogP contribution in [-0.4, -0.2) is 21.3 Å². The van der Waals surface area contributed by atoms with Gasteiger partial charge in [-0.05, 0) is 12.1 Å². The number of carboxylic acids is 1. The van der Waals surface area contributed by atoms with Crippen LogP contribution in [0.15, 0.2) is 23.4 Å². The van der Waals surface area contributed by atoms with Crippen molar-refractivity contribution in [3.63, 3.8) is 0 Å². The third-order valence-electron chi connectivity index (χ3n) is 1.50. The Bertz CT molecular complexity index is 332. The van der Waals surface area contributed by atoms with E-state index in [9.17, 15) is 4.79 Å². The van der Waals surface area contributed by atoms with Crippen molar-refractivity contribution in [1.82, 2.24) is 4.98 Å². The molecule has 0 aliphatic carbocycles. The quantitative estimate of drug-likeness (QED) is 0.810. The van der Waals surface area contributed by atoms with Crippen molar-refractivity contribution < 1.29 is 9.90 Å². The minimum atomic E-state index is -0.808. The number of pyridine rings is 1. The van der Waals surface area contributed by atoms with Gasteiger partial charge < -0.3 is 5.11 Å². The highest BCUT2D eigenvalue weighted by molar-refractivity contribution is 8.00. The van der Waals surface area contributed by atoms with Crippen molar-refractivity contribution in [3.05, 3.63) is 23.4 Å². The minimum Gasteiger partial charge on any atom is -0.481 e. The van der Waals surface area contributed by atoms with E-state index in [4.69, 9.17) is 16.7 Å². The lowest BCUT2D eigenvalue weighted by Gasteiger charge is -2.08. The maximum Gasteiger partial charge on any atom is 0.304 e. The molecule has 0 saturated carbocycles. The molecule has 1 atom stereocenters. The van der Waals surface area contributed by atoms with Crippen LogP contribution in [0.2, 0.25) is 5.02 Å². The molecule has 0 saturated heterocycles. The van der Waals surface area contributed by atoms with Crippen LogP contribution >= 0.6 is 23.4 Å². The maximum atomic E-state index is 10.4. The number of carboxylic acid groups (broad SMARTS) is 1. The van der Waals surface area contributed by atoms with E-state index in [0.717, 1.165) is 0 Å². The monoisotopic (exact) mass is 231 g/mol. The summed E-state index contributed by atoms with van der Waals surface area (Å²) in [6.07, 6.45) is 1.75. The van der Waals surface area contributed by atoms with Gasteiger partial charge in [0.15, 0.2) is 0 Å². The van der Waals surface area contributed by atoms with Crippen molar-refractivity contribution in [3.8, 4) is 0 Å². The number of aliphatic carboxylic acids is 1. The normalized spacial score (nSPS) is 12.4. The lowest BCUT2D eigenvalue weighted by molar-refractivity contribution is -0.136. The van der Waals surface area contributed by atoms with E-state index in [0.29, 0.717) is 10.0 Å². The van der Waals surface area contributed by atoms with E-state index in [1.165, 1.54) is 11.8 Å². The standard InChI is InChI=1S/C9H10ClNO2S/c1-6(5-8(12)13)14-9-7(10)3-2-4-11-9/h2-4,6H,5H2,1H3,(H,12,13). The third-order valence-corrected chi connectivity index (χ3v) is 3.03. The van der Waals surface area contributed by atoms with Gasteiger partial charge in [0.1, 0.15) is 5.03 Å². The second-order valence-electron chi connectivity index (χ2n) is 2.82. The lowest BCUT2D eigenvalue weighted by atomic mass is 10.3. The highest BCUT2D eigenvalue weighted by Crippen LogP contribution is 2.28. The Morgan fingerprint density at radius 3 is 3.07 bits per heavy atom. The van der Waals surface area contributed by atoms with E-state index in [1.54, 1.807) is 18.3 Å². The Morgan fingerprint density at radius 2 is 2.50 bits per heavy atom. The fraction of sp³-hybridized carbons (Fsp3) is 0.333. The predicted molar refractivity (Wildman–Crippen MR) is 56.8 cm³/mol. The van der Waals surface area contributed by atoms with Gasteiger partial charge in [-0.3, -0.25) is 4.79 Å². The predicted octanol–water partition coefficient (Wildman–Crippen LogP) is 2.69. The van der Waals surface area contributed by atoms with Crippen molar-refractivity contribution in [2.45, 2.75) is 23.6 Å². The molecule has 0 radical (unpaired) electrons. The van der Waals surface area contributed by atoms with Crippen molar-refractivity contribution in [1.29, 1.82) is 0 Å². The molecule has 0 fully saturated rings. The Kier molecular flexibility index (Phi) is 4.22. The van der Waals surface area contributed by atoms with Crippen LogP contribution < -0.4 is 0 Å². The number of thioether (sulfide) groups is 1. The topological polar surface area (TPSA) is 50.2 Å². The van der Waals surface area contributed by atoms with Crippen LogP contribution in [-0.2, 0) is 4.79 Å². The molecule has 1 unspecified atom stereocenters. The van der Waals surface area contributed by atoms with Crippen molar-refractivity contribution >= 4 is 29.3 Å². The Labute approximate surface area is 91.5 Å². The van der Waals surface area contributed by atoms with Crippen LogP contribution in [0, 0.1) is 0 Å². The molecule has 14 heavy (non-hydrogen) atoms. The number of aromatic nitrogens is 1. The number of nitrogens with zero attached hydrogens (tertiary/aromatic N) is 1. The van der Waals surface area contributed by atoms with E-state index in [2.05, 4.69) is 4.98 Å². The highest BCUT2D eigenvalue weighted by Gasteiger charge is 2.11. The van der Waals surface area contributed by atoms with Gasteiger partial charge in [-0.25, -0.2) is 4.98 Å². The molecule has 0 amide bonds. The van der Waals surface area contributed by atoms with Gasteiger partial charge >= 0.3 is 5.97 Å². The summed E-state index contributed by atoms with van der Waals surface area (Å²) < 4.78 is 0. The van der Waals surface area contributed by atoms with Crippen LogP contribution in [0.25, 0.3) is 0 Å². The molecule has 1 heterocycles. The number of halogens is 1. The Hall–Kier alpha value is -0.740. The highest BCUT2D eigenvalue weighted by atomic mass is 35.5. The van der Waals surface area contributed by atoms with Gasteiger partial charge in [0.05, 0.1) is 11.4 Å². The second-order valence-corrected chi connectivity index (χ2v) is 4.65.